The monoisotopic (exact) mass is 298 g/mol. The number of anilines is 1. The fourth-order valence-electron chi connectivity index (χ4n) is 2.00. The van der Waals surface area contributed by atoms with Crippen LogP contribution in [0.25, 0.3) is 0 Å². The highest BCUT2D eigenvalue weighted by atomic mass is 35.5. The third-order valence-corrected chi connectivity index (χ3v) is 3.26. The normalized spacial score (nSPS) is 15.1. The first-order chi connectivity index (χ1) is 9.47. The van der Waals surface area contributed by atoms with Gasteiger partial charge in [0.2, 0.25) is 5.91 Å². The highest BCUT2D eigenvalue weighted by Crippen LogP contribution is 2.37. The van der Waals surface area contributed by atoms with E-state index < -0.39 is 6.04 Å². The number of amides is 1. The van der Waals surface area contributed by atoms with E-state index in [0.717, 1.165) is 0 Å². The van der Waals surface area contributed by atoms with Gasteiger partial charge in [-0.2, -0.15) is 0 Å². The van der Waals surface area contributed by atoms with E-state index in [0.29, 0.717) is 47.8 Å². The van der Waals surface area contributed by atoms with Gasteiger partial charge in [-0.15, -0.1) is 0 Å². The maximum absolute atomic E-state index is 12.0. The summed E-state index contributed by atoms with van der Waals surface area (Å²) in [4.78, 5) is 12.0. The van der Waals surface area contributed by atoms with Crippen molar-refractivity contribution >= 4 is 23.2 Å². The van der Waals surface area contributed by atoms with Gasteiger partial charge in [-0.25, -0.2) is 0 Å². The molecule has 0 saturated heterocycles. The molecule has 0 unspecified atom stereocenters. The number of fused-ring (bicyclic) bond motifs is 1. The minimum Gasteiger partial charge on any atom is -0.486 e. The number of hydrogen-bond donors (Lipinski definition) is 2. The molecular weight excluding hydrogens is 280 g/mol. The fourth-order valence-corrected chi connectivity index (χ4v) is 2.20. The molecule has 0 saturated carbocycles. The van der Waals surface area contributed by atoms with Gasteiger partial charge in [0.1, 0.15) is 13.2 Å². The lowest BCUT2D eigenvalue weighted by Gasteiger charge is -2.20. The summed E-state index contributed by atoms with van der Waals surface area (Å²) in [5.41, 5.74) is 6.33. The fraction of sp³-hybridized carbons (Fsp3) is 0.500. The van der Waals surface area contributed by atoms with Crippen molar-refractivity contribution in [2.75, 3.05) is 18.5 Å². The van der Waals surface area contributed by atoms with Crippen LogP contribution in [0.1, 0.15) is 20.3 Å². The van der Waals surface area contributed by atoms with Gasteiger partial charge in [-0.1, -0.05) is 25.4 Å². The number of carbonyl (C=O) groups excluding carboxylic acids is 1. The van der Waals surface area contributed by atoms with Crippen molar-refractivity contribution in [1.82, 2.24) is 0 Å². The Kier molecular flexibility index (Phi) is 4.73. The van der Waals surface area contributed by atoms with Crippen molar-refractivity contribution in [1.29, 1.82) is 0 Å². The van der Waals surface area contributed by atoms with Crippen LogP contribution >= 0.6 is 11.6 Å². The maximum atomic E-state index is 12.0. The van der Waals surface area contributed by atoms with E-state index in [2.05, 4.69) is 5.32 Å². The minimum atomic E-state index is -0.556. The second-order valence-corrected chi connectivity index (χ2v) is 5.61. The number of rotatable bonds is 4. The minimum absolute atomic E-state index is 0.253. The summed E-state index contributed by atoms with van der Waals surface area (Å²) in [6.07, 6.45) is 0.619. The van der Waals surface area contributed by atoms with E-state index in [1.54, 1.807) is 12.1 Å². The van der Waals surface area contributed by atoms with Crippen molar-refractivity contribution < 1.29 is 14.3 Å². The van der Waals surface area contributed by atoms with E-state index in [-0.39, 0.29) is 5.91 Å². The molecule has 6 heteroatoms. The first kappa shape index (κ1) is 14.9. The van der Waals surface area contributed by atoms with Crippen molar-refractivity contribution in [2.24, 2.45) is 11.7 Å². The molecule has 0 fully saturated rings. The summed E-state index contributed by atoms with van der Waals surface area (Å²) in [5.74, 6) is 1.27. The second kappa shape index (κ2) is 6.33. The van der Waals surface area contributed by atoms with E-state index in [9.17, 15) is 4.79 Å². The van der Waals surface area contributed by atoms with Gasteiger partial charge in [-0.3, -0.25) is 4.79 Å². The number of nitrogens with one attached hydrogen (secondary N) is 1. The van der Waals surface area contributed by atoms with Crippen molar-refractivity contribution in [3.8, 4) is 11.5 Å². The van der Waals surface area contributed by atoms with Crippen LogP contribution in [0.15, 0.2) is 12.1 Å². The smallest absolute Gasteiger partial charge is 0.241 e. The zero-order valence-corrected chi connectivity index (χ0v) is 12.4. The number of benzene rings is 1. The third kappa shape index (κ3) is 3.55. The highest BCUT2D eigenvalue weighted by Gasteiger charge is 2.19. The van der Waals surface area contributed by atoms with Gasteiger partial charge < -0.3 is 20.5 Å². The van der Waals surface area contributed by atoms with Gasteiger partial charge in [0.15, 0.2) is 11.5 Å². The Morgan fingerprint density at radius 1 is 1.35 bits per heavy atom. The van der Waals surface area contributed by atoms with E-state index in [1.165, 1.54) is 0 Å². The Morgan fingerprint density at radius 2 is 1.95 bits per heavy atom. The summed E-state index contributed by atoms with van der Waals surface area (Å²) >= 11 is 6.12. The number of nitrogens with two attached hydrogens (primary N) is 1. The molecule has 1 aliphatic rings. The van der Waals surface area contributed by atoms with Crippen molar-refractivity contribution in [3.05, 3.63) is 17.2 Å². The molecule has 1 aromatic carbocycles. The summed E-state index contributed by atoms with van der Waals surface area (Å²) in [5, 5.41) is 3.14. The predicted octanol–water partition coefficient (Wildman–Crippen LogP) is 2.42. The summed E-state index contributed by atoms with van der Waals surface area (Å²) < 4.78 is 10.9. The average Bonchev–Trinajstić information content (AvgIpc) is 2.38. The SMILES string of the molecule is CC(C)C[C@H](N)C(=O)Nc1cc2c(cc1Cl)OCCO2. The standard InChI is InChI=1S/C14H19ClN2O3/c1-8(2)5-10(16)14(18)17-11-7-13-12(6-9(11)15)19-3-4-20-13/h6-8,10H,3-5,16H2,1-2H3,(H,17,18)/t10-/m0/s1. The first-order valence-corrected chi connectivity index (χ1v) is 7.00. The van der Waals surface area contributed by atoms with Crippen LogP contribution in [0.5, 0.6) is 11.5 Å². The quantitative estimate of drug-likeness (QED) is 0.895. The number of carbonyl (C=O) groups is 1. The molecule has 1 amide bonds. The van der Waals surface area contributed by atoms with Crippen LogP contribution in [0.4, 0.5) is 5.69 Å². The Labute approximate surface area is 123 Å². The Morgan fingerprint density at radius 3 is 2.55 bits per heavy atom. The zero-order valence-electron chi connectivity index (χ0n) is 11.6. The van der Waals surface area contributed by atoms with Gasteiger partial charge in [0.25, 0.3) is 0 Å². The van der Waals surface area contributed by atoms with Gasteiger partial charge in [0.05, 0.1) is 16.8 Å². The molecular formula is C14H19ClN2O3. The number of halogens is 1. The van der Waals surface area contributed by atoms with E-state index in [4.69, 9.17) is 26.8 Å². The molecule has 1 aliphatic heterocycles. The molecule has 2 rings (SSSR count). The summed E-state index contributed by atoms with van der Waals surface area (Å²) in [7, 11) is 0. The van der Waals surface area contributed by atoms with Gasteiger partial charge >= 0.3 is 0 Å². The van der Waals surface area contributed by atoms with Crippen LogP contribution in [0.2, 0.25) is 5.02 Å². The largest absolute Gasteiger partial charge is 0.486 e. The number of ether oxygens (including phenoxy) is 2. The van der Waals surface area contributed by atoms with Crippen molar-refractivity contribution in [3.63, 3.8) is 0 Å². The lowest BCUT2D eigenvalue weighted by atomic mass is 10.0. The molecule has 1 aromatic rings. The zero-order chi connectivity index (χ0) is 14.7. The van der Waals surface area contributed by atoms with Gasteiger partial charge in [0, 0.05) is 12.1 Å². The van der Waals surface area contributed by atoms with Crippen LogP contribution in [0, 0.1) is 5.92 Å². The van der Waals surface area contributed by atoms with Crippen molar-refractivity contribution in [2.45, 2.75) is 26.3 Å². The molecule has 20 heavy (non-hydrogen) atoms. The molecule has 5 nitrogen and oxygen atoms in total. The molecule has 0 radical (unpaired) electrons. The van der Waals surface area contributed by atoms with Crippen LogP contribution in [-0.4, -0.2) is 25.2 Å². The van der Waals surface area contributed by atoms with Crippen LogP contribution in [0.3, 0.4) is 0 Å². The molecule has 3 N–H and O–H groups in total. The first-order valence-electron chi connectivity index (χ1n) is 6.63. The third-order valence-electron chi connectivity index (χ3n) is 2.95. The Hall–Kier alpha value is -1.46. The predicted molar refractivity (Wildman–Crippen MR) is 78.5 cm³/mol. The van der Waals surface area contributed by atoms with Gasteiger partial charge in [-0.05, 0) is 12.3 Å². The van der Waals surface area contributed by atoms with E-state index >= 15 is 0 Å². The molecule has 110 valence electrons. The summed E-state index contributed by atoms with van der Waals surface area (Å²) in [6, 6.07) is 2.75. The van der Waals surface area contributed by atoms with E-state index in [1.807, 2.05) is 13.8 Å². The Bertz CT molecular complexity index is 505. The molecule has 1 heterocycles. The number of hydrogen-bond acceptors (Lipinski definition) is 4. The van der Waals surface area contributed by atoms with Crippen LogP contribution in [-0.2, 0) is 4.79 Å². The molecule has 0 aromatic heterocycles. The molecule has 0 bridgehead atoms. The molecule has 1 atom stereocenters. The maximum Gasteiger partial charge on any atom is 0.241 e. The molecule has 0 aliphatic carbocycles. The lowest BCUT2D eigenvalue weighted by Crippen LogP contribution is -2.36. The lowest BCUT2D eigenvalue weighted by molar-refractivity contribution is -0.117. The topological polar surface area (TPSA) is 73.6 Å². The Balaban J connectivity index is 2.11. The highest BCUT2D eigenvalue weighted by molar-refractivity contribution is 6.34. The van der Waals surface area contributed by atoms with Crippen LogP contribution < -0.4 is 20.5 Å². The average molecular weight is 299 g/mol. The summed E-state index contributed by atoms with van der Waals surface area (Å²) in [6.45, 7) is 5.01. The molecule has 0 spiro atoms. The second-order valence-electron chi connectivity index (χ2n) is 5.20.